The highest BCUT2D eigenvalue weighted by molar-refractivity contribution is 8.26. The summed E-state index contributed by atoms with van der Waals surface area (Å²) in [6.07, 6.45) is 5.82. The monoisotopic (exact) mass is 393 g/mol. The van der Waals surface area contributed by atoms with Crippen molar-refractivity contribution in [2.45, 2.75) is 6.42 Å². The van der Waals surface area contributed by atoms with Crippen LogP contribution in [0.1, 0.15) is 11.1 Å². The van der Waals surface area contributed by atoms with Crippen LogP contribution in [0.15, 0.2) is 59.8 Å². The number of thiocarbonyl (C=S) groups is 1. The maximum atomic E-state index is 12.7. The van der Waals surface area contributed by atoms with Crippen LogP contribution in [-0.4, -0.2) is 36.7 Å². The summed E-state index contributed by atoms with van der Waals surface area (Å²) < 4.78 is 0.561. The third-order valence-electron chi connectivity index (χ3n) is 4.23. The lowest BCUT2D eigenvalue weighted by molar-refractivity contribution is -0.122. The van der Waals surface area contributed by atoms with Crippen molar-refractivity contribution in [1.82, 2.24) is 14.9 Å². The van der Waals surface area contributed by atoms with Gasteiger partial charge in [0.2, 0.25) is 0 Å². The van der Waals surface area contributed by atoms with Gasteiger partial charge in [0, 0.05) is 18.9 Å². The molecule has 1 saturated heterocycles. The summed E-state index contributed by atoms with van der Waals surface area (Å²) in [7, 11) is 0. The Morgan fingerprint density at radius 3 is 2.59 bits per heavy atom. The first kappa shape index (κ1) is 17.6. The number of rotatable bonds is 4. The topological polar surface area (TPSA) is 66.3 Å². The summed E-state index contributed by atoms with van der Waals surface area (Å²) in [4.78, 5) is 23.5. The molecule has 0 radical (unpaired) electrons. The molecule has 1 N–H and O–H groups in total. The molecule has 1 fully saturated rings. The van der Waals surface area contributed by atoms with E-state index < -0.39 is 0 Å². The Hall–Kier alpha value is -2.77. The van der Waals surface area contributed by atoms with Crippen LogP contribution in [0.5, 0.6) is 5.75 Å². The normalized spacial score (nSPS) is 15.9. The molecule has 2 heterocycles. The number of aromatic nitrogens is 2. The minimum Gasteiger partial charge on any atom is -0.508 e. The number of nitrogens with zero attached hydrogens (tertiary/aromatic N) is 3. The minimum absolute atomic E-state index is 0.0805. The average Bonchev–Trinajstić information content (AvgIpc) is 2.94. The van der Waals surface area contributed by atoms with E-state index in [9.17, 15) is 9.90 Å². The number of aromatic hydroxyl groups is 1. The van der Waals surface area contributed by atoms with Crippen molar-refractivity contribution in [1.29, 1.82) is 0 Å². The molecule has 1 amide bonds. The van der Waals surface area contributed by atoms with E-state index in [0.29, 0.717) is 22.2 Å². The Morgan fingerprint density at radius 2 is 1.81 bits per heavy atom. The van der Waals surface area contributed by atoms with Crippen LogP contribution < -0.4 is 0 Å². The van der Waals surface area contributed by atoms with Crippen LogP contribution in [0.25, 0.3) is 17.1 Å². The lowest BCUT2D eigenvalue weighted by Crippen LogP contribution is -2.30. The molecule has 0 saturated carbocycles. The lowest BCUT2D eigenvalue weighted by atomic mass is 10.1. The zero-order valence-electron chi connectivity index (χ0n) is 14.2. The van der Waals surface area contributed by atoms with Crippen molar-refractivity contribution in [3.8, 4) is 5.75 Å². The molecule has 3 aromatic rings. The molecule has 0 atom stereocenters. The number of hydrogen-bond donors (Lipinski definition) is 1. The SMILES string of the molecule is O=C1/C(=C\c2ccc3nccnc3c2)SC(=S)N1CCc1ccc(O)cc1. The van der Waals surface area contributed by atoms with Gasteiger partial charge in [0.05, 0.1) is 15.9 Å². The van der Waals surface area contributed by atoms with E-state index in [2.05, 4.69) is 9.97 Å². The number of carbonyl (C=O) groups excluding carboxylic acids is 1. The summed E-state index contributed by atoms with van der Waals surface area (Å²) in [5.74, 6) is 0.149. The summed E-state index contributed by atoms with van der Waals surface area (Å²) in [5, 5.41) is 9.36. The first-order valence-corrected chi connectivity index (χ1v) is 9.57. The number of carbonyl (C=O) groups is 1. The van der Waals surface area contributed by atoms with Gasteiger partial charge in [-0.1, -0.05) is 42.2 Å². The van der Waals surface area contributed by atoms with Gasteiger partial charge < -0.3 is 5.11 Å². The molecule has 4 rings (SSSR count). The van der Waals surface area contributed by atoms with Crippen molar-refractivity contribution in [2.75, 3.05) is 6.54 Å². The molecule has 1 aromatic heterocycles. The third-order valence-corrected chi connectivity index (χ3v) is 5.60. The first-order chi connectivity index (χ1) is 13.1. The second-order valence-electron chi connectivity index (χ2n) is 6.05. The minimum atomic E-state index is -0.0805. The summed E-state index contributed by atoms with van der Waals surface area (Å²) in [6.45, 7) is 0.510. The fraction of sp³-hybridized carbons (Fsp3) is 0.100. The van der Waals surface area contributed by atoms with Crippen LogP contribution in [0.4, 0.5) is 0 Å². The Labute approximate surface area is 165 Å². The number of benzene rings is 2. The second-order valence-corrected chi connectivity index (χ2v) is 7.73. The van der Waals surface area contributed by atoms with Gasteiger partial charge in [-0.2, -0.15) is 0 Å². The van der Waals surface area contributed by atoms with Gasteiger partial charge in [0.25, 0.3) is 5.91 Å². The number of fused-ring (bicyclic) bond motifs is 1. The summed E-state index contributed by atoms with van der Waals surface area (Å²) in [5.41, 5.74) is 3.53. The van der Waals surface area contributed by atoms with Crippen LogP contribution in [0.3, 0.4) is 0 Å². The quantitative estimate of drug-likeness (QED) is 0.538. The van der Waals surface area contributed by atoms with Crippen molar-refractivity contribution < 1.29 is 9.90 Å². The third kappa shape index (κ3) is 3.84. The molecule has 0 bridgehead atoms. The lowest BCUT2D eigenvalue weighted by Gasteiger charge is -2.14. The van der Waals surface area contributed by atoms with Crippen LogP contribution in [0.2, 0.25) is 0 Å². The van der Waals surface area contributed by atoms with Gasteiger partial charge in [-0.25, -0.2) is 0 Å². The molecule has 0 spiro atoms. The van der Waals surface area contributed by atoms with Crippen LogP contribution in [0, 0.1) is 0 Å². The molecular formula is C20H15N3O2S2. The van der Waals surface area contributed by atoms with Crippen molar-refractivity contribution in [2.24, 2.45) is 0 Å². The molecular weight excluding hydrogens is 378 g/mol. The van der Waals surface area contributed by atoms with Crippen LogP contribution in [-0.2, 0) is 11.2 Å². The molecule has 0 aliphatic carbocycles. The van der Waals surface area contributed by atoms with Crippen molar-refractivity contribution >= 4 is 51.3 Å². The molecule has 2 aromatic carbocycles. The van der Waals surface area contributed by atoms with E-state index in [4.69, 9.17) is 12.2 Å². The molecule has 27 heavy (non-hydrogen) atoms. The highest BCUT2D eigenvalue weighted by Crippen LogP contribution is 2.33. The average molecular weight is 393 g/mol. The Bertz CT molecular complexity index is 1060. The van der Waals surface area contributed by atoms with Crippen LogP contribution >= 0.6 is 24.0 Å². The van der Waals surface area contributed by atoms with Crippen molar-refractivity contribution in [3.63, 3.8) is 0 Å². The van der Waals surface area contributed by atoms with E-state index >= 15 is 0 Å². The fourth-order valence-electron chi connectivity index (χ4n) is 2.82. The fourth-order valence-corrected chi connectivity index (χ4v) is 4.13. The summed E-state index contributed by atoms with van der Waals surface area (Å²) >= 11 is 6.70. The number of phenolic OH excluding ortho intramolecular Hbond substituents is 1. The number of phenols is 1. The number of thioether (sulfide) groups is 1. The van der Waals surface area contributed by atoms with E-state index in [1.54, 1.807) is 29.4 Å². The zero-order chi connectivity index (χ0) is 18.8. The van der Waals surface area contributed by atoms with Crippen molar-refractivity contribution in [3.05, 3.63) is 70.9 Å². The van der Waals surface area contributed by atoms with Gasteiger partial charge in [-0.15, -0.1) is 0 Å². The molecule has 134 valence electrons. The maximum Gasteiger partial charge on any atom is 0.266 e. The Kier molecular flexibility index (Phi) is 4.87. The Morgan fingerprint density at radius 1 is 1.07 bits per heavy atom. The van der Waals surface area contributed by atoms with Gasteiger partial charge >= 0.3 is 0 Å². The van der Waals surface area contributed by atoms with Gasteiger partial charge in [0.15, 0.2) is 0 Å². The second kappa shape index (κ2) is 7.46. The molecule has 1 aliphatic rings. The predicted octanol–water partition coefficient (Wildman–Crippen LogP) is 3.78. The largest absolute Gasteiger partial charge is 0.508 e. The van der Waals surface area contributed by atoms with E-state index in [0.717, 1.165) is 22.2 Å². The molecule has 0 unspecified atom stereocenters. The molecule has 7 heteroatoms. The smallest absolute Gasteiger partial charge is 0.266 e. The van der Waals surface area contributed by atoms with Gasteiger partial charge in [-0.05, 0) is 47.9 Å². The number of amides is 1. The maximum absolute atomic E-state index is 12.7. The van der Waals surface area contributed by atoms with Gasteiger partial charge in [-0.3, -0.25) is 19.7 Å². The highest BCUT2D eigenvalue weighted by atomic mass is 32.2. The molecule has 1 aliphatic heterocycles. The zero-order valence-corrected chi connectivity index (χ0v) is 15.8. The number of hydrogen-bond acceptors (Lipinski definition) is 6. The summed E-state index contributed by atoms with van der Waals surface area (Å²) in [6, 6.07) is 12.7. The Balaban J connectivity index is 1.50. The standard InChI is InChI=1S/C20H15N3O2S2/c24-15-4-1-13(2-5-15)7-10-23-19(25)18(27-20(23)26)12-14-3-6-16-17(11-14)22-9-8-21-16/h1-6,8-9,11-12,24H,7,10H2/b18-12+. The van der Waals surface area contributed by atoms with Gasteiger partial charge in [0.1, 0.15) is 10.1 Å². The predicted molar refractivity (Wildman–Crippen MR) is 111 cm³/mol. The highest BCUT2D eigenvalue weighted by Gasteiger charge is 2.31. The molecule has 5 nitrogen and oxygen atoms in total. The first-order valence-electron chi connectivity index (χ1n) is 8.34. The van der Waals surface area contributed by atoms with E-state index in [-0.39, 0.29) is 11.7 Å². The van der Waals surface area contributed by atoms with E-state index in [1.807, 2.05) is 36.4 Å². The van der Waals surface area contributed by atoms with E-state index in [1.165, 1.54) is 11.8 Å².